The minimum Gasteiger partial charge on any atom is -0.398 e. The summed E-state index contributed by atoms with van der Waals surface area (Å²) in [5.74, 6) is -0.755. The molecule has 1 aromatic carbocycles. The Bertz CT molecular complexity index is 631. The summed E-state index contributed by atoms with van der Waals surface area (Å²) < 4.78 is 34.7. The van der Waals surface area contributed by atoms with E-state index in [0.29, 0.717) is 17.7 Å². The highest BCUT2D eigenvalue weighted by Gasteiger charge is 2.44. The molecule has 1 aliphatic rings. The first-order valence-corrected chi connectivity index (χ1v) is 7.62. The van der Waals surface area contributed by atoms with Crippen molar-refractivity contribution in [2.24, 2.45) is 0 Å². The van der Waals surface area contributed by atoms with Crippen LogP contribution in [0.1, 0.15) is 10.4 Å². The van der Waals surface area contributed by atoms with E-state index in [9.17, 15) is 13.2 Å². The van der Waals surface area contributed by atoms with Gasteiger partial charge in [0.2, 0.25) is 0 Å². The number of ether oxygens (including phenoxy) is 2. The molecule has 1 aliphatic heterocycles. The molecule has 21 heavy (non-hydrogen) atoms. The summed E-state index contributed by atoms with van der Waals surface area (Å²) >= 11 is 0. The standard InChI is InChI=1S/C12H16N2O6S/c1-18-5-6-19-7-8-20-14-12(15)9-3-2-4-10(13)11(9)21(14,16)17/h2-4H,5-8,13H2,1H3. The molecule has 0 bridgehead atoms. The van der Waals surface area contributed by atoms with E-state index in [0.717, 1.165) is 0 Å². The molecule has 0 fully saturated rings. The van der Waals surface area contributed by atoms with Crippen molar-refractivity contribution < 1.29 is 27.5 Å². The fraction of sp³-hybridized carbons (Fsp3) is 0.417. The predicted octanol–water partition coefficient (Wildman–Crippen LogP) is 0.00790. The van der Waals surface area contributed by atoms with Crippen molar-refractivity contribution in [3.63, 3.8) is 0 Å². The number of sulfonamides is 1. The van der Waals surface area contributed by atoms with Gasteiger partial charge >= 0.3 is 0 Å². The Labute approximate surface area is 122 Å². The number of nitrogens with two attached hydrogens (primary N) is 1. The zero-order valence-electron chi connectivity index (χ0n) is 11.4. The summed E-state index contributed by atoms with van der Waals surface area (Å²) in [6.07, 6.45) is 0. The summed E-state index contributed by atoms with van der Waals surface area (Å²) in [6, 6.07) is 4.32. The Hall–Kier alpha value is -1.68. The normalized spacial score (nSPS) is 16.2. The van der Waals surface area contributed by atoms with Crippen molar-refractivity contribution in [1.29, 1.82) is 0 Å². The van der Waals surface area contributed by atoms with Gasteiger partial charge in [-0.1, -0.05) is 10.5 Å². The second kappa shape index (κ2) is 6.39. The first kappa shape index (κ1) is 15.7. The summed E-state index contributed by atoms with van der Waals surface area (Å²) in [5.41, 5.74) is 5.66. The number of fused-ring (bicyclic) bond motifs is 1. The number of hydrogen-bond acceptors (Lipinski definition) is 7. The number of methoxy groups -OCH3 is 1. The maximum Gasteiger partial charge on any atom is 0.293 e. The highest BCUT2D eigenvalue weighted by Crippen LogP contribution is 2.34. The number of hydrogen-bond donors (Lipinski definition) is 1. The predicted molar refractivity (Wildman–Crippen MR) is 72.9 cm³/mol. The number of amides is 1. The van der Waals surface area contributed by atoms with Gasteiger partial charge in [0.15, 0.2) is 0 Å². The molecule has 0 atom stereocenters. The van der Waals surface area contributed by atoms with Gasteiger partial charge in [-0.2, -0.15) is 8.42 Å². The Morgan fingerprint density at radius 2 is 1.90 bits per heavy atom. The van der Waals surface area contributed by atoms with Gasteiger partial charge in [-0.15, -0.1) is 0 Å². The van der Waals surface area contributed by atoms with Crippen LogP contribution >= 0.6 is 0 Å². The van der Waals surface area contributed by atoms with Crippen molar-refractivity contribution in [1.82, 2.24) is 4.47 Å². The van der Waals surface area contributed by atoms with Gasteiger partial charge in [-0.05, 0) is 12.1 Å². The number of nitrogens with zero attached hydrogens (tertiary/aromatic N) is 1. The number of rotatable bonds is 7. The monoisotopic (exact) mass is 316 g/mol. The fourth-order valence-corrected chi connectivity index (χ4v) is 3.35. The SMILES string of the molecule is COCCOCCON1C(=O)c2cccc(N)c2S1(=O)=O. The van der Waals surface area contributed by atoms with Crippen LogP contribution in [0.3, 0.4) is 0 Å². The van der Waals surface area contributed by atoms with E-state index in [1.54, 1.807) is 0 Å². The first-order chi connectivity index (χ1) is 10.00. The largest absolute Gasteiger partial charge is 0.398 e. The van der Waals surface area contributed by atoms with Crippen LogP contribution in [0.4, 0.5) is 5.69 Å². The molecule has 0 aliphatic carbocycles. The third-order valence-electron chi connectivity index (χ3n) is 2.79. The molecule has 8 nitrogen and oxygen atoms in total. The smallest absolute Gasteiger partial charge is 0.293 e. The molecular formula is C12H16N2O6S. The molecule has 0 saturated heterocycles. The Morgan fingerprint density at radius 1 is 1.19 bits per heavy atom. The number of hydroxylamine groups is 1. The van der Waals surface area contributed by atoms with Gasteiger partial charge in [0.1, 0.15) is 4.90 Å². The van der Waals surface area contributed by atoms with E-state index in [1.165, 1.54) is 25.3 Å². The van der Waals surface area contributed by atoms with Gasteiger partial charge < -0.3 is 15.2 Å². The van der Waals surface area contributed by atoms with Gasteiger partial charge in [0.05, 0.1) is 37.7 Å². The van der Waals surface area contributed by atoms with E-state index in [4.69, 9.17) is 20.0 Å². The molecule has 0 unspecified atom stereocenters. The number of benzene rings is 1. The van der Waals surface area contributed by atoms with Gasteiger partial charge in [-0.25, -0.2) is 0 Å². The summed E-state index contributed by atoms with van der Waals surface area (Å²) in [7, 11) is -2.53. The number of carbonyl (C=O) groups excluding carboxylic acids is 1. The van der Waals surface area contributed by atoms with Crippen LogP contribution in [0, 0.1) is 0 Å². The van der Waals surface area contributed by atoms with Crippen molar-refractivity contribution >= 4 is 21.6 Å². The van der Waals surface area contributed by atoms with Crippen LogP contribution in [0.5, 0.6) is 0 Å². The molecule has 116 valence electrons. The van der Waals surface area contributed by atoms with Crippen LogP contribution in [0.25, 0.3) is 0 Å². The zero-order valence-corrected chi connectivity index (χ0v) is 12.3. The van der Waals surface area contributed by atoms with Crippen molar-refractivity contribution in [3.05, 3.63) is 23.8 Å². The lowest BCUT2D eigenvalue weighted by Gasteiger charge is -2.14. The Balaban J connectivity index is 2.03. The topological polar surface area (TPSA) is 108 Å². The fourth-order valence-electron chi connectivity index (χ4n) is 1.85. The average Bonchev–Trinajstić information content (AvgIpc) is 2.63. The van der Waals surface area contributed by atoms with Gasteiger partial charge in [0, 0.05) is 7.11 Å². The highest BCUT2D eigenvalue weighted by atomic mass is 32.2. The molecule has 0 radical (unpaired) electrons. The molecule has 9 heteroatoms. The minimum absolute atomic E-state index is 0.00954. The summed E-state index contributed by atoms with van der Waals surface area (Å²) in [5, 5.41) is 0. The third-order valence-corrected chi connectivity index (χ3v) is 4.47. The lowest BCUT2D eigenvalue weighted by atomic mass is 10.2. The van der Waals surface area contributed by atoms with Crippen molar-refractivity contribution in [2.45, 2.75) is 4.90 Å². The van der Waals surface area contributed by atoms with E-state index in [1.807, 2.05) is 0 Å². The van der Waals surface area contributed by atoms with Crippen LogP contribution < -0.4 is 5.73 Å². The number of carbonyl (C=O) groups is 1. The van der Waals surface area contributed by atoms with Crippen LogP contribution in [0.2, 0.25) is 0 Å². The molecule has 0 saturated carbocycles. The molecule has 1 aromatic rings. The molecule has 0 spiro atoms. The molecule has 1 amide bonds. The molecule has 2 rings (SSSR count). The molecular weight excluding hydrogens is 300 g/mol. The molecule has 2 N–H and O–H groups in total. The third kappa shape index (κ3) is 3.00. The first-order valence-electron chi connectivity index (χ1n) is 6.18. The Kier molecular flexibility index (Phi) is 4.78. The minimum atomic E-state index is -4.07. The summed E-state index contributed by atoms with van der Waals surface area (Å²) in [6.45, 7) is 0.827. The lowest BCUT2D eigenvalue weighted by molar-refractivity contribution is -0.0790. The van der Waals surface area contributed by atoms with E-state index < -0.39 is 15.9 Å². The second-order valence-corrected chi connectivity index (χ2v) is 5.89. The average molecular weight is 316 g/mol. The van der Waals surface area contributed by atoms with E-state index in [-0.39, 0.29) is 29.4 Å². The van der Waals surface area contributed by atoms with Gasteiger partial charge in [0.25, 0.3) is 15.9 Å². The molecule has 1 heterocycles. The van der Waals surface area contributed by atoms with Gasteiger partial charge in [-0.3, -0.25) is 9.63 Å². The number of anilines is 1. The lowest BCUT2D eigenvalue weighted by Crippen LogP contribution is -2.31. The maximum absolute atomic E-state index is 12.2. The van der Waals surface area contributed by atoms with E-state index in [2.05, 4.69) is 0 Å². The second-order valence-electron chi connectivity index (χ2n) is 4.20. The number of nitrogen functional groups attached to an aromatic ring is 1. The quantitative estimate of drug-likeness (QED) is 0.557. The highest BCUT2D eigenvalue weighted by molar-refractivity contribution is 7.90. The van der Waals surface area contributed by atoms with Crippen LogP contribution in [-0.4, -0.2) is 52.3 Å². The van der Waals surface area contributed by atoms with Crippen LogP contribution in [0.15, 0.2) is 23.1 Å². The summed E-state index contributed by atoms with van der Waals surface area (Å²) in [4.78, 5) is 16.8. The van der Waals surface area contributed by atoms with E-state index >= 15 is 0 Å². The van der Waals surface area contributed by atoms with Crippen LogP contribution in [-0.2, 0) is 24.3 Å². The Morgan fingerprint density at radius 3 is 2.57 bits per heavy atom. The van der Waals surface area contributed by atoms with Crippen molar-refractivity contribution in [3.8, 4) is 0 Å². The molecule has 0 aromatic heterocycles. The van der Waals surface area contributed by atoms with Crippen molar-refractivity contribution in [2.75, 3.05) is 39.3 Å². The maximum atomic E-state index is 12.2. The zero-order chi connectivity index (χ0) is 15.5.